The Morgan fingerprint density at radius 2 is 1.33 bits per heavy atom. The average molecular weight is 298 g/mol. The van der Waals surface area contributed by atoms with Gasteiger partial charge >= 0.3 is 0 Å². The summed E-state index contributed by atoms with van der Waals surface area (Å²) in [7, 11) is 0. The fraction of sp³-hybridized carbons (Fsp3) is 1.00. The maximum absolute atomic E-state index is 2.84. The van der Waals surface area contributed by atoms with Crippen molar-refractivity contribution in [3.8, 4) is 0 Å². The van der Waals surface area contributed by atoms with Gasteiger partial charge in [-0.2, -0.15) is 0 Å². The average Bonchev–Trinajstić information content (AvgIpc) is 2.02. The van der Waals surface area contributed by atoms with Crippen molar-refractivity contribution >= 4 is 27.4 Å². The molecule has 0 aromatic carbocycles. The Balaban J connectivity index is 3.80. The predicted octanol–water partition coefficient (Wildman–Crippen LogP) is 4.99. The van der Waals surface area contributed by atoms with Crippen LogP contribution < -0.4 is 0 Å². The highest BCUT2D eigenvalue weighted by Gasteiger charge is 2.26. The SMILES string of the molecule is CCCC[Si](I)(CCC)CCC. The number of halogens is 1. The zero-order valence-electron chi connectivity index (χ0n) is 8.83. The Morgan fingerprint density at radius 3 is 1.67 bits per heavy atom. The van der Waals surface area contributed by atoms with Crippen LogP contribution >= 0.6 is 21.8 Å². The molecule has 74 valence electrons. The van der Waals surface area contributed by atoms with Gasteiger partial charge in [0, 0.05) is 0 Å². The van der Waals surface area contributed by atoms with Crippen LogP contribution in [-0.2, 0) is 0 Å². The molecule has 0 saturated carbocycles. The first-order valence-corrected chi connectivity index (χ1v) is 11.1. The summed E-state index contributed by atoms with van der Waals surface area (Å²) in [6.07, 6.45) is 5.65. The molecular formula is C10H23ISi. The minimum Gasteiger partial charge on any atom is -0.119 e. The van der Waals surface area contributed by atoms with E-state index in [-0.39, 0.29) is 0 Å². The summed E-state index contributed by atoms with van der Waals surface area (Å²) in [5, 5.41) is 0. The molecular weight excluding hydrogens is 275 g/mol. The third kappa shape index (κ3) is 5.57. The summed E-state index contributed by atoms with van der Waals surface area (Å²) >= 11 is 2.84. The van der Waals surface area contributed by atoms with Crippen molar-refractivity contribution in [2.75, 3.05) is 0 Å². The van der Waals surface area contributed by atoms with Gasteiger partial charge in [-0.05, 0) is 18.1 Å². The van der Waals surface area contributed by atoms with Gasteiger partial charge in [0.05, 0.1) is 0 Å². The summed E-state index contributed by atoms with van der Waals surface area (Å²) < 4.78 is 0. The van der Waals surface area contributed by atoms with Crippen molar-refractivity contribution in [2.24, 2.45) is 0 Å². The van der Waals surface area contributed by atoms with Crippen molar-refractivity contribution in [1.29, 1.82) is 0 Å². The molecule has 0 amide bonds. The van der Waals surface area contributed by atoms with Gasteiger partial charge in [-0.1, -0.05) is 46.5 Å². The minimum atomic E-state index is -0.800. The Morgan fingerprint density at radius 1 is 0.833 bits per heavy atom. The van der Waals surface area contributed by atoms with Crippen LogP contribution in [0.2, 0.25) is 18.1 Å². The fourth-order valence-electron chi connectivity index (χ4n) is 1.76. The molecule has 0 fully saturated rings. The molecule has 0 heterocycles. The van der Waals surface area contributed by atoms with Crippen LogP contribution in [0.5, 0.6) is 0 Å². The second-order valence-electron chi connectivity index (χ2n) is 3.75. The molecule has 0 aromatic heterocycles. The lowest BCUT2D eigenvalue weighted by Crippen LogP contribution is -2.24. The van der Waals surface area contributed by atoms with E-state index >= 15 is 0 Å². The van der Waals surface area contributed by atoms with E-state index in [0.717, 1.165) is 0 Å². The summed E-state index contributed by atoms with van der Waals surface area (Å²) in [5.41, 5.74) is -0.800. The Kier molecular flexibility index (Phi) is 7.94. The minimum absolute atomic E-state index is 0.800. The molecule has 0 aliphatic carbocycles. The topological polar surface area (TPSA) is 0 Å². The second-order valence-corrected chi connectivity index (χ2v) is 14.4. The van der Waals surface area contributed by atoms with Gasteiger partial charge in [0.1, 0.15) is 5.57 Å². The highest BCUT2D eigenvalue weighted by Crippen LogP contribution is 2.32. The summed E-state index contributed by atoms with van der Waals surface area (Å²) in [4.78, 5) is 0. The van der Waals surface area contributed by atoms with Gasteiger partial charge in [-0.15, -0.1) is 21.8 Å². The zero-order valence-corrected chi connectivity index (χ0v) is 12.0. The molecule has 0 aromatic rings. The molecule has 0 nitrogen and oxygen atoms in total. The normalized spacial score (nSPS) is 12.0. The van der Waals surface area contributed by atoms with E-state index in [4.69, 9.17) is 0 Å². The van der Waals surface area contributed by atoms with Gasteiger partial charge in [0.25, 0.3) is 0 Å². The van der Waals surface area contributed by atoms with Crippen molar-refractivity contribution in [1.82, 2.24) is 0 Å². The molecule has 0 rings (SSSR count). The highest BCUT2D eigenvalue weighted by atomic mass is 127. The van der Waals surface area contributed by atoms with Crippen LogP contribution in [0.1, 0.15) is 46.5 Å². The Hall–Kier alpha value is 0.947. The molecule has 2 heteroatoms. The van der Waals surface area contributed by atoms with Gasteiger partial charge in [-0.3, -0.25) is 0 Å². The molecule has 0 bridgehead atoms. The number of rotatable bonds is 7. The molecule has 12 heavy (non-hydrogen) atoms. The van der Waals surface area contributed by atoms with Crippen molar-refractivity contribution in [3.05, 3.63) is 0 Å². The lowest BCUT2D eigenvalue weighted by atomic mass is 10.4. The van der Waals surface area contributed by atoms with E-state index in [1.54, 1.807) is 18.1 Å². The summed E-state index contributed by atoms with van der Waals surface area (Å²) in [6, 6.07) is 4.65. The Labute approximate surface area is 91.7 Å². The molecule has 0 aliphatic rings. The third-order valence-electron chi connectivity index (χ3n) is 2.37. The van der Waals surface area contributed by atoms with Crippen molar-refractivity contribution < 1.29 is 0 Å². The van der Waals surface area contributed by atoms with E-state index < -0.39 is 5.57 Å². The van der Waals surface area contributed by atoms with E-state index in [1.165, 1.54) is 25.7 Å². The molecule has 0 N–H and O–H groups in total. The summed E-state index contributed by atoms with van der Waals surface area (Å²) in [6.45, 7) is 6.98. The maximum Gasteiger partial charge on any atom is 0.125 e. The standard InChI is InChI=1S/C10H23ISi/c1-4-7-10-12(11,8-5-2)9-6-3/h4-10H2,1-3H3. The molecule has 0 spiro atoms. The highest BCUT2D eigenvalue weighted by molar-refractivity contribution is 14.1. The van der Waals surface area contributed by atoms with E-state index in [0.29, 0.717) is 0 Å². The molecule has 0 radical (unpaired) electrons. The maximum atomic E-state index is 2.84. The largest absolute Gasteiger partial charge is 0.125 e. The van der Waals surface area contributed by atoms with Gasteiger partial charge in [0.15, 0.2) is 0 Å². The van der Waals surface area contributed by atoms with Crippen LogP contribution in [0.15, 0.2) is 0 Å². The molecule has 0 saturated heterocycles. The molecule has 0 atom stereocenters. The summed E-state index contributed by atoms with van der Waals surface area (Å²) in [5.74, 6) is 0. The lowest BCUT2D eigenvalue weighted by Gasteiger charge is -2.23. The van der Waals surface area contributed by atoms with E-state index in [9.17, 15) is 0 Å². The van der Waals surface area contributed by atoms with Crippen molar-refractivity contribution in [3.63, 3.8) is 0 Å². The third-order valence-corrected chi connectivity index (χ3v) is 11.3. The fourth-order valence-corrected chi connectivity index (χ4v) is 9.67. The van der Waals surface area contributed by atoms with Crippen LogP contribution in [0, 0.1) is 0 Å². The lowest BCUT2D eigenvalue weighted by molar-refractivity contribution is 0.854. The smallest absolute Gasteiger partial charge is 0.119 e. The first kappa shape index (κ1) is 12.9. The first-order valence-electron chi connectivity index (χ1n) is 5.37. The monoisotopic (exact) mass is 298 g/mol. The van der Waals surface area contributed by atoms with E-state index in [1.807, 2.05) is 0 Å². The number of hydrogen-bond donors (Lipinski definition) is 0. The van der Waals surface area contributed by atoms with Gasteiger partial charge in [-0.25, -0.2) is 0 Å². The zero-order chi connectivity index (χ0) is 9.45. The van der Waals surface area contributed by atoms with Crippen LogP contribution in [-0.4, -0.2) is 5.57 Å². The molecule has 0 aliphatic heterocycles. The van der Waals surface area contributed by atoms with Crippen LogP contribution in [0.25, 0.3) is 0 Å². The van der Waals surface area contributed by atoms with Crippen molar-refractivity contribution in [2.45, 2.75) is 64.6 Å². The van der Waals surface area contributed by atoms with E-state index in [2.05, 4.69) is 42.6 Å². The first-order chi connectivity index (χ1) is 5.68. The second kappa shape index (κ2) is 7.36. The van der Waals surface area contributed by atoms with Gasteiger partial charge in [0.2, 0.25) is 0 Å². The quantitative estimate of drug-likeness (QED) is 0.353. The van der Waals surface area contributed by atoms with Crippen LogP contribution in [0.4, 0.5) is 0 Å². The Bertz CT molecular complexity index is 98.0. The van der Waals surface area contributed by atoms with Gasteiger partial charge < -0.3 is 0 Å². The predicted molar refractivity (Wildman–Crippen MR) is 69.7 cm³/mol. The van der Waals surface area contributed by atoms with Crippen LogP contribution in [0.3, 0.4) is 0 Å². The molecule has 0 unspecified atom stereocenters. The number of hydrogen-bond acceptors (Lipinski definition) is 0. The number of unbranched alkanes of at least 4 members (excludes halogenated alkanes) is 1.